The molecule has 2 aromatic heterocycles. The van der Waals surface area contributed by atoms with Crippen molar-refractivity contribution in [2.24, 2.45) is 12.0 Å². The number of nitrogens with one attached hydrogen (secondary N) is 2. The van der Waals surface area contributed by atoms with Gasteiger partial charge in [0.1, 0.15) is 5.76 Å². The standard InChI is InChI=1S/C20H33N5O/c1-5-6-12-21-20(23-14-11-18-9-8-15-26-18)22-13-7-10-19-16(2)24-25(4)17(19)3/h8-9,15H,5-7,10-14H2,1-4H3,(H2,21,22,23). The topological polar surface area (TPSA) is 67.4 Å². The van der Waals surface area contributed by atoms with Crippen LogP contribution in [-0.4, -0.2) is 35.4 Å². The van der Waals surface area contributed by atoms with E-state index in [1.165, 1.54) is 17.7 Å². The van der Waals surface area contributed by atoms with Gasteiger partial charge < -0.3 is 15.1 Å². The van der Waals surface area contributed by atoms with Gasteiger partial charge in [-0.3, -0.25) is 9.67 Å². The van der Waals surface area contributed by atoms with Gasteiger partial charge in [0, 0.05) is 38.8 Å². The molecule has 26 heavy (non-hydrogen) atoms. The molecular formula is C20H33N5O. The van der Waals surface area contributed by atoms with E-state index in [9.17, 15) is 0 Å². The van der Waals surface area contributed by atoms with E-state index in [2.05, 4.69) is 36.5 Å². The Hall–Kier alpha value is -2.24. The first-order chi connectivity index (χ1) is 12.6. The third-order valence-corrected chi connectivity index (χ3v) is 4.58. The molecule has 0 saturated heterocycles. The van der Waals surface area contributed by atoms with Crippen LogP contribution in [0.15, 0.2) is 27.8 Å². The zero-order valence-corrected chi connectivity index (χ0v) is 16.6. The molecule has 0 spiro atoms. The molecule has 144 valence electrons. The Morgan fingerprint density at radius 1 is 1.19 bits per heavy atom. The fourth-order valence-electron chi connectivity index (χ4n) is 2.94. The lowest BCUT2D eigenvalue weighted by atomic mass is 10.1. The van der Waals surface area contributed by atoms with E-state index in [-0.39, 0.29) is 0 Å². The van der Waals surface area contributed by atoms with Crippen LogP contribution in [-0.2, 0) is 19.9 Å². The van der Waals surface area contributed by atoms with Crippen molar-refractivity contribution in [2.75, 3.05) is 19.6 Å². The molecule has 0 bridgehead atoms. The van der Waals surface area contributed by atoms with Crippen molar-refractivity contribution >= 4 is 5.96 Å². The van der Waals surface area contributed by atoms with Crippen molar-refractivity contribution in [3.05, 3.63) is 41.1 Å². The van der Waals surface area contributed by atoms with Crippen LogP contribution in [0.5, 0.6) is 0 Å². The molecule has 0 amide bonds. The summed E-state index contributed by atoms with van der Waals surface area (Å²) >= 11 is 0. The Morgan fingerprint density at radius 3 is 2.65 bits per heavy atom. The molecule has 0 atom stereocenters. The van der Waals surface area contributed by atoms with Gasteiger partial charge in [-0.1, -0.05) is 13.3 Å². The van der Waals surface area contributed by atoms with Gasteiger partial charge in [-0.2, -0.15) is 5.10 Å². The SMILES string of the molecule is CCCCNC(=NCCCc1c(C)nn(C)c1C)NCCc1ccco1. The molecule has 2 N–H and O–H groups in total. The van der Waals surface area contributed by atoms with E-state index < -0.39 is 0 Å². The maximum Gasteiger partial charge on any atom is 0.191 e. The summed E-state index contributed by atoms with van der Waals surface area (Å²) in [6.45, 7) is 8.97. The number of aliphatic imine (C=N–C) groups is 1. The van der Waals surface area contributed by atoms with Gasteiger partial charge in [0.05, 0.1) is 12.0 Å². The van der Waals surface area contributed by atoms with Crippen LogP contribution < -0.4 is 10.6 Å². The van der Waals surface area contributed by atoms with E-state index in [4.69, 9.17) is 9.41 Å². The Kier molecular flexibility index (Phi) is 8.25. The first-order valence-electron chi connectivity index (χ1n) is 9.65. The fraction of sp³-hybridized carbons (Fsp3) is 0.600. The molecule has 0 fully saturated rings. The third kappa shape index (κ3) is 6.24. The Labute approximate surface area is 157 Å². The summed E-state index contributed by atoms with van der Waals surface area (Å²) in [4.78, 5) is 4.73. The molecule has 0 unspecified atom stereocenters. The Morgan fingerprint density at radius 2 is 2.00 bits per heavy atom. The molecule has 2 rings (SSSR count). The minimum Gasteiger partial charge on any atom is -0.469 e. The van der Waals surface area contributed by atoms with Gasteiger partial charge in [-0.05, 0) is 50.8 Å². The maximum atomic E-state index is 5.38. The second-order valence-corrected chi connectivity index (χ2v) is 6.64. The second-order valence-electron chi connectivity index (χ2n) is 6.64. The lowest BCUT2D eigenvalue weighted by molar-refractivity contribution is 0.506. The Balaban J connectivity index is 1.80. The summed E-state index contributed by atoms with van der Waals surface area (Å²) < 4.78 is 7.34. The molecule has 0 aromatic carbocycles. The number of nitrogens with zero attached hydrogens (tertiary/aromatic N) is 3. The van der Waals surface area contributed by atoms with Crippen LogP contribution in [0.25, 0.3) is 0 Å². The predicted molar refractivity (Wildman–Crippen MR) is 107 cm³/mol. The smallest absolute Gasteiger partial charge is 0.191 e. The van der Waals surface area contributed by atoms with Crippen LogP contribution >= 0.6 is 0 Å². The quantitative estimate of drug-likeness (QED) is 0.388. The minimum atomic E-state index is 0.802. The molecule has 2 aromatic rings. The number of hydrogen-bond donors (Lipinski definition) is 2. The zero-order valence-electron chi connectivity index (χ0n) is 16.6. The van der Waals surface area contributed by atoms with Crippen LogP contribution in [0.3, 0.4) is 0 Å². The van der Waals surface area contributed by atoms with Crippen molar-refractivity contribution in [3.63, 3.8) is 0 Å². The summed E-state index contributed by atoms with van der Waals surface area (Å²) in [5.41, 5.74) is 3.74. The first kappa shape index (κ1) is 20.1. The van der Waals surface area contributed by atoms with E-state index in [1.807, 2.05) is 23.9 Å². The maximum absolute atomic E-state index is 5.38. The molecule has 0 saturated carbocycles. The molecule has 0 aliphatic heterocycles. The van der Waals surface area contributed by atoms with E-state index in [0.29, 0.717) is 0 Å². The molecular weight excluding hydrogens is 326 g/mol. The number of aryl methyl sites for hydroxylation is 2. The molecule has 0 aliphatic carbocycles. The summed E-state index contributed by atoms with van der Waals surface area (Å²) in [6, 6.07) is 3.92. The molecule has 6 heteroatoms. The van der Waals surface area contributed by atoms with Crippen molar-refractivity contribution in [1.29, 1.82) is 0 Å². The zero-order chi connectivity index (χ0) is 18.8. The summed E-state index contributed by atoms with van der Waals surface area (Å²) in [6.07, 6.45) is 6.93. The summed E-state index contributed by atoms with van der Waals surface area (Å²) in [5.74, 6) is 1.89. The lowest BCUT2D eigenvalue weighted by Crippen LogP contribution is -2.39. The Bertz CT molecular complexity index is 673. The van der Waals surface area contributed by atoms with Gasteiger partial charge in [0.25, 0.3) is 0 Å². The van der Waals surface area contributed by atoms with Crippen molar-refractivity contribution in [3.8, 4) is 0 Å². The number of hydrogen-bond acceptors (Lipinski definition) is 3. The minimum absolute atomic E-state index is 0.802. The average molecular weight is 360 g/mol. The van der Waals surface area contributed by atoms with E-state index >= 15 is 0 Å². The summed E-state index contributed by atoms with van der Waals surface area (Å²) in [7, 11) is 2.00. The van der Waals surface area contributed by atoms with Crippen LogP contribution in [0, 0.1) is 13.8 Å². The predicted octanol–water partition coefficient (Wildman–Crippen LogP) is 3.14. The highest BCUT2D eigenvalue weighted by Crippen LogP contribution is 2.13. The third-order valence-electron chi connectivity index (χ3n) is 4.58. The largest absolute Gasteiger partial charge is 0.469 e. The number of furan rings is 1. The first-order valence-corrected chi connectivity index (χ1v) is 9.65. The second kappa shape index (κ2) is 10.7. The van der Waals surface area contributed by atoms with Crippen molar-refractivity contribution in [2.45, 2.75) is 52.9 Å². The van der Waals surface area contributed by atoms with Gasteiger partial charge in [-0.25, -0.2) is 0 Å². The highest BCUT2D eigenvalue weighted by Gasteiger charge is 2.08. The number of unbranched alkanes of at least 4 members (excludes halogenated alkanes) is 1. The number of rotatable bonds is 10. The van der Waals surface area contributed by atoms with Gasteiger partial charge in [-0.15, -0.1) is 0 Å². The number of aromatic nitrogens is 2. The van der Waals surface area contributed by atoms with E-state index in [1.54, 1.807) is 6.26 Å². The van der Waals surface area contributed by atoms with Crippen molar-refractivity contribution < 1.29 is 4.42 Å². The normalized spacial score (nSPS) is 11.8. The fourth-order valence-corrected chi connectivity index (χ4v) is 2.94. The van der Waals surface area contributed by atoms with Gasteiger partial charge >= 0.3 is 0 Å². The monoisotopic (exact) mass is 359 g/mol. The van der Waals surface area contributed by atoms with Crippen LogP contribution in [0.2, 0.25) is 0 Å². The lowest BCUT2D eigenvalue weighted by Gasteiger charge is -2.12. The molecule has 0 aliphatic rings. The average Bonchev–Trinajstić information content (AvgIpc) is 3.21. The number of guanidine groups is 1. The van der Waals surface area contributed by atoms with Crippen LogP contribution in [0.4, 0.5) is 0 Å². The molecule has 2 heterocycles. The molecule has 6 nitrogen and oxygen atoms in total. The highest BCUT2D eigenvalue weighted by molar-refractivity contribution is 5.79. The highest BCUT2D eigenvalue weighted by atomic mass is 16.3. The van der Waals surface area contributed by atoms with Crippen molar-refractivity contribution in [1.82, 2.24) is 20.4 Å². The van der Waals surface area contributed by atoms with Crippen LogP contribution in [0.1, 0.15) is 48.9 Å². The molecule has 0 radical (unpaired) electrons. The summed E-state index contributed by atoms with van der Waals surface area (Å²) in [5, 5.41) is 11.3. The van der Waals surface area contributed by atoms with Gasteiger partial charge in [0.2, 0.25) is 0 Å². The van der Waals surface area contributed by atoms with E-state index in [0.717, 1.165) is 62.7 Å². The van der Waals surface area contributed by atoms with Gasteiger partial charge in [0.15, 0.2) is 5.96 Å².